The Kier molecular flexibility index (Phi) is 7.42. The van der Waals surface area contributed by atoms with Crippen molar-refractivity contribution in [2.24, 2.45) is 0 Å². The molecule has 0 aliphatic carbocycles. The largest absolute Gasteiger partial charge is 0.497 e. The molecule has 0 spiro atoms. The molecule has 2 rings (SSSR count). The lowest BCUT2D eigenvalue weighted by molar-refractivity contribution is -0.148. The highest BCUT2D eigenvalue weighted by Crippen LogP contribution is 2.25. The summed E-state index contributed by atoms with van der Waals surface area (Å²) in [4.78, 5) is 24.6. The van der Waals surface area contributed by atoms with Crippen LogP contribution >= 0.6 is 0 Å². The van der Waals surface area contributed by atoms with Crippen molar-refractivity contribution in [1.29, 1.82) is 0 Å². The molecule has 1 atom stereocenters. The maximum atomic E-state index is 12.4. The third kappa shape index (κ3) is 5.85. The van der Waals surface area contributed by atoms with E-state index in [9.17, 15) is 9.59 Å². The van der Waals surface area contributed by atoms with Gasteiger partial charge < -0.3 is 19.5 Å². The van der Waals surface area contributed by atoms with E-state index in [1.807, 2.05) is 32.9 Å². The average molecular weight is 397 g/mol. The van der Waals surface area contributed by atoms with Gasteiger partial charge in [-0.15, -0.1) is 0 Å². The molecule has 6 nitrogen and oxygen atoms in total. The molecular formula is C23H27NO5. The van der Waals surface area contributed by atoms with Gasteiger partial charge in [-0.1, -0.05) is 17.7 Å². The third-order valence-electron chi connectivity index (χ3n) is 4.42. The molecule has 2 aromatic rings. The number of rotatable bonds is 7. The van der Waals surface area contributed by atoms with Crippen LogP contribution in [-0.2, 0) is 14.3 Å². The van der Waals surface area contributed by atoms with Gasteiger partial charge >= 0.3 is 5.97 Å². The maximum absolute atomic E-state index is 12.4. The number of hydrogen-bond donors (Lipinski definition) is 1. The van der Waals surface area contributed by atoms with Crippen LogP contribution in [0.15, 0.2) is 36.4 Å². The zero-order valence-electron chi connectivity index (χ0n) is 17.7. The number of aryl methyl sites for hydroxylation is 3. The highest BCUT2D eigenvalue weighted by molar-refractivity contribution is 5.97. The number of ether oxygens (including phenoxy) is 3. The fourth-order valence-electron chi connectivity index (χ4n) is 3.00. The van der Waals surface area contributed by atoms with Gasteiger partial charge in [0, 0.05) is 17.3 Å². The lowest BCUT2D eigenvalue weighted by Crippen LogP contribution is -2.30. The molecule has 0 saturated carbocycles. The molecule has 0 radical (unpaired) electrons. The van der Waals surface area contributed by atoms with E-state index < -0.39 is 12.1 Å². The summed E-state index contributed by atoms with van der Waals surface area (Å²) in [6.07, 6.45) is 1.87. The first kappa shape index (κ1) is 22.0. The minimum absolute atomic E-state index is 0.388. The molecular weight excluding hydrogens is 370 g/mol. The number of carbonyl (C=O) groups excluding carboxylic acids is 2. The second kappa shape index (κ2) is 9.78. The maximum Gasteiger partial charge on any atom is 0.331 e. The van der Waals surface area contributed by atoms with Gasteiger partial charge in [0.15, 0.2) is 6.10 Å². The molecule has 0 fully saturated rings. The summed E-state index contributed by atoms with van der Waals surface area (Å²) >= 11 is 0. The summed E-state index contributed by atoms with van der Waals surface area (Å²) in [7, 11) is 3.10. The van der Waals surface area contributed by atoms with Crippen molar-refractivity contribution >= 4 is 23.6 Å². The van der Waals surface area contributed by atoms with Crippen molar-refractivity contribution in [2.75, 3.05) is 19.5 Å². The summed E-state index contributed by atoms with van der Waals surface area (Å²) in [5.74, 6) is 0.206. The Hall–Kier alpha value is -3.28. The summed E-state index contributed by atoms with van der Waals surface area (Å²) < 4.78 is 15.7. The van der Waals surface area contributed by atoms with Gasteiger partial charge in [0.05, 0.1) is 14.2 Å². The van der Waals surface area contributed by atoms with E-state index in [4.69, 9.17) is 14.2 Å². The Morgan fingerprint density at radius 1 is 1.00 bits per heavy atom. The highest BCUT2D eigenvalue weighted by atomic mass is 16.5. The van der Waals surface area contributed by atoms with Gasteiger partial charge in [-0.05, 0) is 63.1 Å². The van der Waals surface area contributed by atoms with Crippen LogP contribution in [0.2, 0.25) is 0 Å². The zero-order valence-corrected chi connectivity index (χ0v) is 17.7. The van der Waals surface area contributed by atoms with Crippen molar-refractivity contribution in [3.63, 3.8) is 0 Å². The quantitative estimate of drug-likeness (QED) is 0.560. The summed E-state index contributed by atoms with van der Waals surface area (Å²) in [6.45, 7) is 7.39. The Bertz CT molecular complexity index is 910. The van der Waals surface area contributed by atoms with E-state index >= 15 is 0 Å². The van der Waals surface area contributed by atoms with Crippen LogP contribution in [0.5, 0.6) is 11.5 Å². The topological polar surface area (TPSA) is 73.9 Å². The predicted molar refractivity (Wildman–Crippen MR) is 113 cm³/mol. The third-order valence-corrected chi connectivity index (χ3v) is 4.42. The monoisotopic (exact) mass is 397 g/mol. The van der Waals surface area contributed by atoms with Crippen molar-refractivity contribution in [1.82, 2.24) is 0 Å². The van der Waals surface area contributed by atoms with Crippen LogP contribution in [-0.4, -0.2) is 32.2 Å². The molecule has 0 unspecified atom stereocenters. The first-order valence-electron chi connectivity index (χ1n) is 9.24. The molecule has 154 valence electrons. The number of nitrogens with one attached hydrogen (secondary N) is 1. The standard InChI is InChI=1S/C23H27NO5/c1-14-11-15(2)22(16(3)12-14)24-23(26)17(4)29-21(25)10-7-18-13-19(27-5)8-9-20(18)28-6/h7-13,17H,1-6H3,(H,24,26)/b10-7+/t17-/m0/s1. The van der Waals surface area contributed by atoms with E-state index in [0.29, 0.717) is 17.1 Å². The van der Waals surface area contributed by atoms with Crippen molar-refractivity contribution in [3.05, 3.63) is 58.7 Å². The second-order valence-electron chi connectivity index (χ2n) is 6.78. The SMILES string of the molecule is COc1ccc(OC)c(/C=C/C(=O)O[C@@H](C)C(=O)Nc2c(C)cc(C)cc2C)c1. The Morgan fingerprint density at radius 2 is 1.66 bits per heavy atom. The van der Waals surface area contributed by atoms with Crippen LogP contribution in [0.25, 0.3) is 6.08 Å². The highest BCUT2D eigenvalue weighted by Gasteiger charge is 2.18. The minimum atomic E-state index is -0.945. The first-order chi connectivity index (χ1) is 13.7. The summed E-state index contributed by atoms with van der Waals surface area (Å²) in [5, 5.41) is 2.84. The van der Waals surface area contributed by atoms with Crippen molar-refractivity contribution in [2.45, 2.75) is 33.8 Å². The average Bonchev–Trinajstić information content (AvgIpc) is 2.68. The van der Waals surface area contributed by atoms with Gasteiger partial charge in [-0.2, -0.15) is 0 Å². The molecule has 0 heterocycles. The molecule has 29 heavy (non-hydrogen) atoms. The number of anilines is 1. The number of amides is 1. The number of methoxy groups -OCH3 is 2. The van der Waals surface area contributed by atoms with Crippen LogP contribution in [0.4, 0.5) is 5.69 Å². The molecule has 0 bridgehead atoms. The molecule has 0 aliphatic rings. The Balaban J connectivity index is 2.04. The van der Waals surface area contributed by atoms with E-state index in [1.54, 1.807) is 38.5 Å². The number of carbonyl (C=O) groups is 2. The molecule has 0 aromatic heterocycles. The van der Waals surface area contributed by atoms with Crippen molar-refractivity contribution in [3.8, 4) is 11.5 Å². The number of esters is 1. The van der Waals surface area contributed by atoms with Crippen LogP contribution in [0.3, 0.4) is 0 Å². The zero-order chi connectivity index (χ0) is 21.6. The lowest BCUT2D eigenvalue weighted by Gasteiger charge is -2.16. The van der Waals surface area contributed by atoms with Gasteiger partial charge in [-0.25, -0.2) is 4.79 Å². The number of benzene rings is 2. The van der Waals surface area contributed by atoms with Gasteiger partial charge in [0.2, 0.25) is 0 Å². The lowest BCUT2D eigenvalue weighted by atomic mass is 10.0. The summed E-state index contributed by atoms with van der Waals surface area (Å²) in [5.41, 5.74) is 4.43. The molecule has 1 amide bonds. The molecule has 6 heteroatoms. The smallest absolute Gasteiger partial charge is 0.331 e. The van der Waals surface area contributed by atoms with Gasteiger partial charge in [-0.3, -0.25) is 4.79 Å². The van der Waals surface area contributed by atoms with Gasteiger partial charge in [0.25, 0.3) is 5.91 Å². The fourth-order valence-corrected chi connectivity index (χ4v) is 3.00. The van der Waals surface area contributed by atoms with Crippen LogP contribution in [0.1, 0.15) is 29.2 Å². The van der Waals surface area contributed by atoms with E-state index in [0.717, 1.165) is 22.4 Å². The normalized spacial score (nSPS) is 11.8. The van der Waals surface area contributed by atoms with Crippen LogP contribution < -0.4 is 14.8 Å². The number of hydrogen-bond acceptors (Lipinski definition) is 5. The second-order valence-corrected chi connectivity index (χ2v) is 6.78. The summed E-state index contributed by atoms with van der Waals surface area (Å²) in [6, 6.07) is 9.22. The Morgan fingerprint density at radius 3 is 2.24 bits per heavy atom. The van der Waals surface area contributed by atoms with Crippen molar-refractivity contribution < 1.29 is 23.8 Å². The first-order valence-corrected chi connectivity index (χ1v) is 9.24. The van der Waals surface area contributed by atoms with E-state index in [1.165, 1.54) is 13.0 Å². The van der Waals surface area contributed by atoms with E-state index in [2.05, 4.69) is 5.32 Å². The predicted octanol–water partition coefficient (Wildman–Crippen LogP) is 4.21. The molecule has 2 aromatic carbocycles. The fraction of sp³-hybridized carbons (Fsp3) is 0.304. The minimum Gasteiger partial charge on any atom is -0.497 e. The molecule has 1 N–H and O–H groups in total. The van der Waals surface area contributed by atoms with Gasteiger partial charge in [0.1, 0.15) is 11.5 Å². The Labute approximate surface area is 171 Å². The van der Waals surface area contributed by atoms with Crippen LogP contribution in [0, 0.1) is 20.8 Å². The molecule has 0 saturated heterocycles. The molecule has 0 aliphatic heterocycles. The van der Waals surface area contributed by atoms with E-state index in [-0.39, 0.29) is 5.91 Å².